The van der Waals surface area contributed by atoms with E-state index in [-0.39, 0.29) is 5.91 Å². The molecule has 6 heteroatoms. The Bertz CT molecular complexity index is 595. The topological polar surface area (TPSA) is 67.0 Å². The van der Waals surface area contributed by atoms with Gasteiger partial charge in [-0.05, 0) is 24.6 Å². The van der Waals surface area contributed by atoms with E-state index in [0.717, 1.165) is 12.0 Å². The molecule has 2 aromatic rings. The summed E-state index contributed by atoms with van der Waals surface area (Å²) < 4.78 is 5.15. The predicted octanol–water partition coefficient (Wildman–Crippen LogP) is 2.89. The maximum atomic E-state index is 12.2. The van der Waals surface area contributed by atoms with E-state index in [2.05, 4.69) is 15.5 Å². The third-order valence-electron chi connectivity index (χ3n) is 2.75. The highest BCUT2D eigenvalue weighted by atomic mass is 35.5. The van der Waals surface area contributed by atoms with Crippen LogP contribution in [0.3, 0.4) is 0 Å². The standard InChI is InChI=1S/C13H14ClN3O2/c1-3-8-7-15-17-12(8)16-13(18)10-5-4-9(14)6-11(10)19-2/h4-7H,3H2,1-2H3,(H2,15,16,17,18). The summed E-state index contributed by atoms with van der Waals surface area (Å²) in [4.78, 5) is 12.2. The molecular formula is C13H14ClN3O2. The highest BCUT2D eigenvalue weighted by molar-refractivity contribution is 6.31. The summed E-state index contributed by atoms with van der Waals surface area (Å²) in [5.74, 6) is 0.763. The molecule has 0 saturated carbocycles. The van der Waals surface area contributed by atoms with Gasteiger partial charge in [-0.15, -0.1) is 0 Å². The highest BCUT2D eigenvalue weighted by Gasteiger charge is 2.14. The fourth-order valence-electron chi connectivity index (χ4n) is 1.72. The lowest BCUT2D eigenvalue weighted by molar-refractivity contribution is 0.102. The first-order chi connectivity index (χ1) is 9.15. The Balaban J connectivity index is 2.25. The van der Waals surface area contributed by atoms with Crippen LogP contribution < -0.4 is 10.1 Å². The summed E-state index contributed by atoms with van der Waals surface area (Å²) in [6.07, 6.45) is 2.47. The average Bonchev–Trinajstić information content (AvgIpc) is 2.85. The SMILES string of the molecule is CCc1cn[nH]c1NC(=O)c1ccc(Cl)cc1OC. The quantitative estimate of drug-likeness (QED) is 0.904. The third kappa shape index (κ3) is 2.88. The second-order valence-corrected chi connectivity index (χ2v) is 4.36. The van der Waals surface area contributed by atoms with Crippen LogP contribution >= 0.6 is 11.6 Å². The van der Waals surface area contributed by atoms with Crippen molar-refractivity contribution in [3.63, 3.8) is 0 Å². The molecular weight excluding hydrogens is 266 g/mol. The molecule has 0 fully saturated rings. The predicted molar refractivity (Wildman–Crippen MR) is 73.9 cm³/mol. The van der Waals surface area contributed by atoms with E-state index in [1.54, 1.807) is 24.4 Å². The lowest BCUT2D eigenvalue weighted by Crippen LogP contribution is -2.14. The van der Waals surface area contributed by atoms with Gasteiger partial charge >= 0.3 is 0 Å². The van der Waals surface area contributed by atoms with Gasteiger partial charge < -0.3 is 10.1 Å². The van der Waals surface area contributed by atoms with Gasteiger partial charge in [0.2, 0.25) is 0 Å². The number of nitrogens with one attached hydrogen (secondary N) is 2. The number of anilines is 1. The van der Waals surface area contributed by atoms with E-state index in [9.17, 15) is 4.79 Å². The summed E-state index contributed by atoms with van der Waals surface area (Å²) in [6.45, 7) is 1.99. The molecule has 0 atom stereocenters. The minimum atomic E-state index is -0.271. The largest absolute Gasteiger partial charge is 0.496 e. The Morgan fingerprint density at radius 2 is 2.32 bits per heavy atom. The van der Waals surface area contributed by atoms with Crippen molar-refractivity contribution >= 4 is 23.3 Å². The monoisotopic (exact) mass is 279 g/mol. The van der Waals surface area contributed by atoms with Gasteiger partial charge in [-0.2, -0.15) is 5.10 Å². The first-order valence-corrected chi connectivity index (χ1v) is 6.20. The van der Waals surface area contributed by atoms with Gasteiger partial charge in [-0.1, -0.05) is 18.5 Å². The molecule has 1 aromatic carbocycles. The van der Waals surface area contributed by atoms with Gasteiger partial charge in [-0.3, -0.25) is 9.89 Å². The number of hydrogen-bond acceptors (Lipinski definition) is 3. The van der Waals surface area contributed by atoms with Gasteiger partial charge in [0, 0.05) is 10.6 Å². The zero-order valence-corrected chi connectivity index (χ0v) is 11.4. The molecule has 19 heavy (non-hydrogen) atoms. The number of hydrogen-bond donors (Lipinski definition) is 2. The van der Waals surface area contributed by atoms with E-state index in [1.165, 1.54) is 7.11 Å². The van der Waals surface area contributed by atoms with Crippen LogP contribution in [0, 0.1) is 0 Å². The fourth-order valence-corrected chi connectivity index (χ4v) is 1.88. The van der Waals surface area contributed by atoms with Crippen molar-refractivity contribution in [1.29, 1.82) is 0 Å². The molecule has 0 saturated heterocycles. The number of carbonyl (C=O) groups excluding carboxylic acids is 1. The van der Waals surface area contributed by atoms with Crippen molar-refractivity contribution in [2.75, 3.05) is 12.4 Å². The van der Waals surface area contributed by atoms with Gasteiger partial charge in [-0.25, -0.2) is 0 Å². The first kappa shape index (κ1) is 13.4. The summed E-state index contributed by atoms with van der Waals surface area (Å²) in [5, 5.41) is 9.95. The Kier molecular flexibility index (Phi) is 4.06. The van der Waals surface area contributed by atoms with E-state index >= 15 is 0 Å². The van der Waals surface area contributed by atoms with Crippen LogP contribution in [0.25, 0.3) is 0 Å². The Morgan fingerprint density at radius 3 is 3.00 bits per heavy atom. The van der Waals surface area contributed by atoms with Gasteiger partial charge in [0.25, 0.3) is 5.91 Å². The number of rotatable bonds is 4. The molecule has 2 N–H and O–H groups in total. The molecule has 0 spiro atoms. The van der Waals surface area contributed by atoms with Crippen molar-refractivity contribution < 1.29 is 9.53 Å². The summed E-state index contributed by atoms with van der Waals surface area (Å²) in [5.41, 5.74) is 1.37. The normalized spacial score (nSPS) is 10.3. The van der Waals surface area contributed by atoms with E-state index in [1.807, 2.05) is 6.92 Å². The van der Waals surface area contributed by atoms with E-state index in [0.29, 0.717) is 22.2 Å². The van der Waals surface area contributed by atoms with Crippen LogP contribution in [-0.4, -0.2) is 23.2 Å². The van der Waals surface area contributed by atoms with Gasteiger partial charge in [0.1, 0.15) is 11.6 Å². The molecule has 1 heterocycles. The van der Waals surface area contributed by atoms with E-state index < -0.39 is 0 Å². The maximum Gasteiger partial charge on any atom is 0.260 e. The second kappa shape index (κ2) is 5.75. The van der Waals surface area contributed by atoms with Crippen molar-refractivity contribution in [2.24, 2.45) is 0 Å². The number of nitrogens with zero attached hydrogens (tertiary/aromatic N) is 1. The minimum absolute atomic E-state index is 0.271. The lowest BCUT2D eigenvalue weighted by atomic mass is 10.2. The van der Waals surface area contributed by atoms with Crippen LogP contribution in [0.2, 0.25) is 5.02 Å². The fraction of sp³-hybridized carbons (Fsp3) is 0.231. The molecule has 100 valence electrons. The summed E-state index contributed by atoms with van der Waals surface area (Å²) in [6, 6.07) is 4.87. The number of methoxy groups -OCH3 is 1. The number of amides is 1. The molecule has 0 radical (unpaired) electrons. The maximum absolute atomic E-state index is 12.2. The smallest absolute Gasteiger partial charge is 0.260 e. The minimum Gasteiger partial charge on any atom is -0.496 e. The van der Waals surface area contributed by atoms with Crippen LogP contribution in [0.1, 0.15) is 22.8 Å². The number of ether oxygens (including phenoxy) is 1. The number of aromatic amines is 1. The molecule has 2 rings (SSSR count). The summed E-state index contributed by atoms with van der Waals surface area (Å²) in [7, 11) is 1.50. The molecule has 0 unspecified atom stereocenters. The van der Waals surface area contributed by atoms with Crippen molar-refractivity contribution in [2.45, 2.75) is 13.3 Å². The number of benzene rings is 1. The Labute approximate surface area is 115 Å². The zero-order valence-electron chi connectivity index (χ0n) is 10.7. The average molecular weight is 280 g/mol. The Morgan fingerprint density at radius 1 is 1.53 bits per heavy atom. The van der Waals surface area contributed by atoms with E-state index in [4.69, 9.17) is 16.3 Å². The number of aromatic nitrogens is 2. The van der Waals surface area contributed by atoms with Crippen LogP contribution in [0.15, 0.2) is 24.4 Å². The molecule has 1 aromatic heterocycles. The molecule has 1 amide bonds. The Hall–Kier alpha value is -2.01. The number of H-pyrrole nitrogens is 1. The zero-order chi connectivity index (χ0) is 13.8. The molecule has 0 bridgehead atoms. The highest BCUT2D eigenvalue weighted by Crippen LogP contribution is 2.24. The van der Waals surface area contributed by atoms with Crippen LogP contribution in [0.4, 0.5) is 5.82 Å². The molecule has 5 nitrogen and oxygen atoms in total. The summed E-state index contributed by atoms with van der Waals surface area (Å²) >= 11 is 5.86. The van der Waals surface area contributed by atoms with Gasteiger partial charge in [0.05, 0.1) is 18.9 Å². The first-order valence-electron chi connectivity index (χ1n) is 5.82. The van der Waals surface area contributed by atoms with Gasteiger partial charge in [0.15, 0.2) is 0 Å². The molecule has 0 aliphatic carbocycles. The number of halogens is 1. The van der Waals surface area contributed by atoms with Crippen molar-refractivity contribution in [1.82, 2.24) is 10.2 Å². The van der Waals surface area contributed by atoms with Crippen molar-refractivity contribution in [3.8, 4) is 5.75 Å². The van der Waals surface area contributed by atoms with Crippen LogP contribution in [0.5, 0.6) is 5.75 Å². The second-order valence-electron chi connectivity index (χ2n) is 3.92. The molecule has 0 aliphatic heterocycles. The molecule has 0 aliphatic rings. The van der Waals surface area contributed by atoms with Crippen molar-refractivity contribution in [3.05, 3.63) is 40.5 Å². The number of aryl methyl sites for hydroxylation is 1. The van der Waals surface area contributed by atoms with Crippen LogP contribution in [-0.2, 0) is 6.42 Å². The third-order valence-corrected chi connectivity index (χ3v) is 2.98. The number of carbonyl (C=O) groups is 1. The lowest BCUT2D eigenvalue weighted by Gasteiger charge is -2.09.